The molecule has 1 aromatic heterocycles. The van der Waals surface area contributed by atoms with E-state index in [1.807, 2.05) is 54.6 Å². The van der Waals surface area contributed by atoms with E-state index < -0.39 is 5.82 Å². The van der Waals surface area contributed by atoms with E-state index in [9.17, 15) is 9.18 Å². The highest BCUT2D eigenvalue weighted by Crippen LogP contribution is 2.29. The van der Waals surface area contributed by atoms with Gasteiger partial charge in [-0.2, -0.15) is 0 Å². The lowest BCUT2D eigenvalue weighted by atomic mass is 10.1. The second-order valence-electron chi connectivity index (χ2n) is 10.2. The van der Waals surface area contributed by atoms with Crippen LogP contribution >= 0.6 is 0 Å². The Morgan fingerprint density at radius 3 is 2.62 bits per heavy atom. The van der Waals surface area contributed by atoms with Crippen molar-refractivity contribution in [2.24, 2.45) is 0 Å². The number of allylic oxidation sites excluding steroid dienone is 1. The van der Waals surface area contributed by atoms with Gasteiger partial charge in [0.25, 0.3) is 5.56 Å². The average Bonchev–Trinajstić information content (AvgIpc) is 3.39. The molecular formula is C32H33FN4O3. The molecule has 3 heterocycles. The Kier molecular flexibility index (Phi) is 7.88. The molecule has 2 aliphatic rings. The maximum atomic E-state index is 14.9. The van der Waals surface area contributed by atoms with Crippen LogP contribution in [0.2, 0.25) is 0 Å². The number of ether oxygens (including phenoxy) is 2. The monoisotopic (exact) mass is 540 g/mol. The number of nitrogens with zero attached hydrogens (tertiary/aromatic N) is 3. The molecule has 0 atom stereocenters. The molecule has 1 N–H and O–H groups in total. The molecule has 0 aliphatic carbocycles. The van der Waals surface area contributed by atoms with Crippen LogP contribution in [0.1, 0.15) is 29.8 Å². The summed E-state index contributed by atoms with van der Waals surface area (Å²) < 4.78 is 27.8. The number of morpholine rings is 1. The van der Waals surface area contributed by atoms with Gasteiger partial charge in [-0.25, -0.2) is 9.37 Å². The molecule has 2 aliphatic heterocycles. The van der Waals surface area contributed by atoms with Crippen LogP contribution in [-0.2, 0) is 17.9 Å². The first-order chi connectivity index (χ1) is 19.6. The van der Waals surface area contributed by atoms with Crippen molar-refractivity contribution in [3.05, 3.63) is 99.9 Å². The zero-order chi connectivity index (χ0) is 27.3. The number of nitrogens with one attached hydrogen (secondary N) is 1. The first-order valence-corrected chi connectivity index (χ1v) is 13.9. The highest BCUT2D eigenvalue weighted by Gasteiger charge is 2.22. The molecule has 8 heteroatoms. The molecule has 0 spiro atoms. The van der Waals surface area contributed by atoms with E-state index in [0.29, 0.717) is 48.5 Å². The van der Waals surface area contributed by atoms with Crippen molar-refractivity contribution in [1.29, 1.82) is 0 Å². The molecule has 1 saturated heterocycles. The van der Waals surface area contributed by atoms with Gasteiger partial charge in [-0.1, -0.05) is 42.5 Å². The summed E-state index contributed by atoms with van der Waals surface area (Å²) in [7, 11) is 0. The van der Waals surface area contributed by atoms with Gasteiger partial charge < -0.3 is 14.8 Å². The third-order valence-electron chi connectivity index (χ3n) is 7.47. The summed E-state index contributed by atoms with van der Waals surface area (Å²) >= 11 is 0. The molecule has 40 heavy (non-hydrogen) atoms. The fourth-order valence-electron chi connectivity index (χ4n) is 5.26. The molecule has 0 amide bonds. The van der Waals surface area contributed by atoms with E-state index in [0.717, 1.165) is 61.7 Å². The van der Waals surface area contributed by atoms with E-state index in [-0.39, 0.29) is 5.56 Å². The van der Waals surface area contributed by atoms with Gasteiger partial charge in [0.05, 0.1) is 29.8 Å². The van der Waals surface area contributed by atoms with Gasteiger partial charge in [0, 0.05) is 26.2 Å². The van der Waals surface area contributed by atoms with Crippen LogP contribution < -0.4 is 15.6 Å². The molecular weight excluding hydrogens is 507 g/mol. The Morgan fingerprint density at radius 1 is 1.02 bits per heavy atom. The smallest absolute Gasteiger partial charge is 0.261 e. The number of rotatable bonds is 9. The molecule has 4 aromatic rings. The molecule has 3 aromatic carbocycles. The Balaban J connectivity index is 1.16. The summed E-state index contributed by atoms with van der Waals surface area (Å²) in [6, 6.07) is 20.9. The quantitative estimate of drug-likeness (QED) is 0.295. The van der Waals surface area contributed by atoms with Gasteiger partial charge in [-0.15, -0.1) is 0 Å². The highest BCUT2D eigenvalue weighted by atomic mass is 19.1. The fraction of sp³-hybridized carbons (Fsp3) is 0.312. The molecule has 6 rings (SSSR count). The molecule has 7 nitrogen and oxygen atoms in total. The fourth-order valence-corrected chi connectivity index (χ4v) is 5.26. The number of hydrogen-bond acceptors (Lipinski definition) is 6. The third-order valence-corrected chi connectivity index (χ3v) is 7.47. The van der Waals surface area contributed by atoms with E-state index in [2.05, 4.69) is 16.3 Å². The van der Waals surface area contributed by atoms with E-state index in [4.69, 9.17) is 14.5 Å². The van der Waals surface area contributed by atoms with Crippen molar-refractivity contribution >= 4 is 28.2 Å². The molecule has 1 fully saturated rings. The summed E-state index contributed by atoms with van der Waals surface area (Å²) in [5.41, 5.74) is 3.79. The SMILES string of the molecule is O=c1c2cc(F)c(NCCCN3CCOCC3)cc2nc2n1CC/C2=C\c1ccc(OCc2ccccc2)cc1. The number of fused-ring (bicyclic) bond motifs is 2. The van der Waals surface area contributed by atoms with Gasteiger partial charge in [0.15, 0.2) is 0 Å². The van der Waals surface area contributed by atoms with E-state index >= 15 is 0 Å². The van der Waals surface area contributed by atoms with Crippen LogP contribution in [0.25, 0.3) is 22.6 Å². The van der Waals surface area contributed by atoms with Crippen LogP contribution in [0, 0.1) is 5.82 Å². The minimum atomic E-state index is -0.429. The number of aromatic nitrogens is 2. The number of benzene rings is 3. The van der Waals surface area contributed by atoms with Crippen LogP contribution in [0.5, 0.6) is 5.75 Å². The van der Waals surface area contributed by atoms with Crippen molar-refractivity contribution < 1.29 is 13.9 Å². The van der Waals surface area contributed by atoms with Crippen LogP contribution in [0.3, 0.4) is 0 Å². The maximum Gasteiger partial charge on any atom is 0.261 e. The Hall–Kier alpha value is -4.01. The van der Waals surface area contributed by atoms with Crippen molar-refractivity contribution in [3.63, 3.8) is 0 Å². The lowest BCUT2D eigenvalue weighted by molar-refractivity contribution is 0.0378. The number of halogens is 1. The Morgan fingerprint density at radius 2 is 1.82 bits per heavy atom. The van der Waals surface area contributed by atoms with Crippen molar-refractivity contribution in [2.45, 2.75) is 26.0 Å². The topological polar surface area (TPSA) is 68.6 Å². The summed E-state index contributed by atoms with van der Waals surface area (Å²) in [6.45, 7) is 6.03. The maximum absolute atomic E-state index is 14.9. The number of anilines is 1. The van der Waals surface area contributed by atoms with Gasteiger partial charge in [-0.3, -0.25) is 14.3 Å². The van der Waals surface area contributed by atoms with Gasteiger partial charge in [0.2, 0.25) is 0 Å². The zero-order valence-electron chi connectivity index (χ0n) is 22.4. The standard InChI is InChI=1S/C32H33FN4O3/c33-28-20-27-29(21-30(28)34-12-4-13-36-15-17-39-18-16-36)35-31-25(11-14-37(31)32(27)38)19-23-7-9-26(10-8-23)40-22-24-5-2-1-3-6-24/h1-3,5-10,19-21,34H,4,11-18,22H2/b25-19+. The minimum absolute atomic E-state index is 0.203. The highest BCUT2D eigenvalue weighted by molar-refractivity contribution is 5.86. The van der Waals surface area contributed by atoms with Gasteiger partial charge >= 0.3 is 0 Å². The molecule has 0 saturated carbocycles. The summed E-state index contributed by atoms with van der Waals surface area (Å²) in [5.74, 6) is 1.01. The van der Waals surface area contributed by atoms with Crippen molar-refractivity contribution in [1.82, 2.24) is 14.5 Å². The van der Waals surface area contributed by atoms with Crippen LogP contribution in [0.15, 0.2) is 71.5 Å². The molecule has 0 unspecified atom stereocenters. The first-order valence-electron chi connectivity index (χ1n) is 13.9. The third kappa shape index (κ3) is 5.93. The van der Waals surface area contributed by atoms with Crippen molar-refractivity contribution in [3.8, 4) is 5.75 Å². The van der Waals surface area contributed by atoms with Crippen LogP contribution in [0.4, 0.5) is 10.1 Å². The second-order valence-corrected chi connectivity index (χ2v) is 10.2. The minimum Gasteiger partial charge on any atom is -0.489 e. The van der Waals surface area contributed by atoms with Crippen molar-refractivity contribution in [2.75, 3.05) is 44.7 Å². The summed E-state index contributed by atoms with van der Waals surface area (Å²) in [5, 5.41) is 3.51. The van der Waals surface area contributed by atoms with Crippen LogP contribution in [-0.4, -0.2) is 53.8 Å². The zero-order valence-corrected chi connectivity index (χ0v) is 22.4. The first kappa shape index (κ1) is 26.2. The van der Waals surface area contributed by atoms with E-state index in [1.165, 1.54) is 6.07 Å². The number of hydrogen-bond donors (Lipinski definition) is 1. The average molecular weight is 541 g/mol. The molecule has 0 radical (unpaired) electrons. The Labute approximate surface area is 232 Å². The summed E-state index contributed by atoms with van der Waals surface area (Å²) in [6.07, 6.45) is 3.65. The Bertz CT molecular complexity index is 1560. The lowest BCUT2D eigenvalue weighted by Crippen LogP contribution is -2.37. The summed E-state index contributed by atoms with van der Waals surface area (Å²) in [4.78, 5) is 20.4. The molecule has 206 valence electrons. The lowest BCUT2D eigenvalue weighted by Gasteiger charge is -2.26. The van der Waals surface area contributed by atoms with E-state index in [1.54, 1.807) is 10.6 Å². The van der Waals surface area contributed by atoms with Gasteiger partial charge in [-0.05, 0) is 66.4 Å². The second kappa shape index (κ2) is 12.0. The normalized spacial score (nSPS) is 16.4. The predicted octanol–water partition coefficient (Wildman–Crippen LogP) is 5.19. The molecule has 0 bridgehead atoms. The predicted molar refractivity (Wildman–Crippen MR) is 156 cm³/mol. The van der Waals surface area contributed by atoms with Gasteiger partial charge in [0.1, 0.15) is 24.0 Å². The largest absolute Gasteiger partial charge is 0.489 e.